The van der Waals surface area contributed by atoms with Gasteiger partial charge in [-0.3, -0.25) is 9.59 Å². The van der Waals surface area contributed by atoms with Crippen molar-refractivity contribution in [1.29, 1.82) is 0 Å². The number of carbonyl (C=O) groups is 3. The Morgan fingerprint density at radius 3 is 2.47 bits per heavy atom. The number of nitrogens with zero attached hydrogens (tertiary/aromatic N) is 2. The van der Waals surface area contributed by atoms with E-state index in [4.69, 9.17) is 9.47 Å². The van der Waals surface area contributed by atoms with E-state index >= 15 is 0 Å². The van der Waals surface area contributed by atoms with E-state index in [-0.39, 0.29) is 17.8 Å². The van der Waals surface area contributed by atoms with Crippen LogP contribution in [0.2, 0.25) is 0 Å². The number of aryl methyl sites for hydroxylation is 1. The van der Waals surface area contributed by atoms with Crippen LogP contribution in [-0.2, 0) is 28.8 Å². The Kier molecular flexibility index (Phi) is 8.75. The first-order chi connectivity index (χ1) is 18.1. The zero-order chi connectivity index (χ0) is 27.3. The Morgan fingerprint density at radius 1 is 0.974 bits per heavy atom. The molecular formula is C31H40N2O5. The second-order valence-corrected chi connectivity index (χ2v) is 11.2. The Balaban J connectivity index is 1.28. The van der Waals surface area contributed by atoms with Gasteiger partial charge < -0.3 is 19.3 Å². The van der Waals surface area contributed by atoms with Gasteiger partial charge in [0.2, 0.25) is 5.91 Å². The summed E-state index contributed by atoms with van der Waals surface area (Å²) in [6.45, 7) is 7.49. The summed E-state index contributed by atoms with van der Waals surface area (Å²) >= 11 is 0. The van der Waals surface area contributed by atoms with E-state index in [9.17, 15) is 14.4 Å². The average Bonchev–Trinajstić information content (AvgIpc) is 3.32. The molecule has 7 heteroatoms. The molecule has 0 atom stereocenters. The predicted molar refractivity (Wildman–Crippen MR) is 148 cm³/mol. The van der Waals surface area contributed by atoms with Gasteiger partial charge in [0.05, 0.1) is 12.8 Å². The third-order valence-electron chi connectivity index (χ3n) is 7.16. The Labute approximate surface area is 226 Å². The van der Waals surface area contributed by atoms with Gasteiger partial charge in [-0.05, 0) is 93.8 Å². The molecule has 0 fully saturated rings. The van der Waals surface area contributed by atoms with Crippen molar-refractivity contribution < 1.29 is 23.9 Å². The summed E-state index contributed by atoms with van der Waals surface area (Å²) in [5.41, 5.74) is 4.62. The van der Waals surface area contributed by atoms with E-state index in [0.717, 1.165) is 72.3 Å². The molecule has 0 bridgehead atoms. The lowest BCUT2D eigenvalue weighted by atomic mass is 9.94. The molecule has 2 amide bonds. The molecule has 38 heavy (non-hydrogen) atoms. The van der Waals surface area contributed by atoms with Gasteiger partial charge in [-0.25, -0.2) is 4.79 Å². The van der Waals surface area contributed by atoms with Crippen LogP contribution in [0.5, 0.6) is 5.75 Å². The number of Topliss-reactive ketones (excluding diaryl/α,β-unsaturated/α-hetero) is 1. The lowest BCUT2D eigenvalue weighted by Gasteiger charge is -2.27. The molecular weight excluding hydrogens is 480 g/mol. The quantitative estimate of drug-likeness (QED) is 0.278. The van der Waals surface area contributed by atoms with Crippen LogP contribution >= 0.6 is 0 Å². The van der Waals surface area contributed by atoms with Crippen molar-refractivity contribution in [2.45, 2.75) is 77.7 Å². The monoisotopic (exact) mass is 520 g/mol. The van der Waals surface area contributed by atoms with Crippen molar-refractivity contribution in [2.24, 2.45) is 0 Å². The molecule has 0 aromatic heterocycles. The maximum absolute atomic E-state index is 13.0. The highest BCUT2D eigenvalue weighted by molar-refractivity contribution is 6.02. The lowest BCUT2D eigenvalue weighted by Crippen LogP contribution is -2.38. The zero-order valence-electron chi connectivity index (χ0n) is 23.2. The molecule has 0 aliphatic carbocycles. The molecule has 2 aliphatic rings. The van der Waals surface area contributed by atoms with E-state index in [1.807, 2.05) is 62.1 Å². The summed E-state index contributed by atoms with van der Waals surface area (Å²) in [6, 6.07) is 11.9. The van der Waals surface area contributed by atoms with E-state index in [1.54, 1.807) is 12.0 Å². The van der Waals surface area contributed by atoms with Crippen LogP contribution in [0.15, 0.2) is 36.4 Å². The van der Waals surface area contributed by atoms with Gasteiger partial charge in [0.1, 0.15) is 11.4 Å². The second-order valence-electron chi connectivity index (χ2n) is 11.2. The number of hydrogen-bond acceptors (Lipinski definition) is 5. The fraction of sp³-hybridized carbons (Fsp3) is 0.516. The van der Waals surface area contributed by atoms with Crippen LogP contribution in [-0.4, -0.2) is 55.0 Å². The largest absolute Gasteiger partial charge is 0.497 e. The molecule has 0 N–H and O–H groups in total. The molecule has 4 rings (SSSR count). The number of amides is 2. The van der Waals surface area contributed by atoms with E-state index in [1.165, 1.54) is 0 Å². The number of carbonyl (C=O) groups excluding carboxylic acids is 3. The van der Waals surface area contributed by atoms with Crippen LogP contribution in [0.3, 0.4) is 0 Å². The topological polar surface area (TPSA) is 76.2 Å². The summed E-state index contributed by atoms with van der Waals surface area (Å²) in [7, 11) is 1.65. The number of anilines is 1. The molecule has 2 aromatic carbocycles. The van der Waals surface area contributed by atoms with E-state index in [2.05, 4.69) is 0 Å². The Morgan fingerprint density at radius 2 is 1.74 bits per heavy atom. The van der Waals surface area contributed by atoms with Crippen molar-refractivity contribution in [2.75, 3.05) is 31.6 Å². The van der Waals surface area contributed by atoms with Gasteiger partial charge in [-0.1, -0.05) is 18.6 Å². The highest BCUT2D eigenvalue weighted by atomic mass is 16.6. The first-order valence-corrected chi connectivity index (χ1v) is 13.7. The minimum absolute atomic E-state index is 0.154. The number of rotatable bonds is 11. The van der Waals surface area contributed by atoms with Crippen molar-refractivity contribution >= 4 is 23.5 Å². The van der Waals surface area contributed by atoms with Crippen molar-refractivity contribution in [3.63, 3.8) is 0 Å². The summed E-state index contributed by atoms with van der Waals surface area (Å²) in [4.78, 5) is 41.6. The summed E-state index contributed by atoms with van der Waals surface area (Å²) in [5.74, 6) is 1.15. The van der Waals surface area contributed by atoms with Gasteiger partial charge in [0.25, 0.3) is 0 Å². The SMILES string of the molecule is COc1cccc(CCN(CCCCCC(=O)c2cc3c4c(c2)CCN4C(=O)CC3)C(=O)OC(C)(C)C)c1. The molecule has 2 aliphatic heterocycles. The van der Waals surface area contributed by atoms with Crippen LogP contribution in [0.25, 0.3) is 0 Å². The molecule has 2 heterocycles. The van der Waals surface area contributed by atoms with Gasteiger partial charge in [-0.2, -0.15) is 0 Å². The zero-order valence-corrected chi connectivity index (χ0v) is 23.2. The Bertz CT molecular complexity index is 1180. The van der Waals surface area contributed by atoms with Gasteiger partial charge in [0, 0.05) is 38.0 Å². The number of unbranched alkanes of at least 4 members (excludes halogenated alkanes) is 2. The highest BCUT2D eigenvalue weighted by Crippen LogP contribution is 2.37. The van der Waals surface area contributed by atoms with Gasteiger partial charge in [0.15, 0.2) is 5.78 Å². The summed E-state index contributed by atoms with van der Waals surface area (Å²) < 4.78 is 11.0. The van der Waals surface area contributed by atoms with Crippen molar-refractivity contribution in [1.82, 2.24) is 4.90 Å². The van der Waals surface area contributed by atoms with Crippen LogP contribution in [0.4, 0.5) is 10.5 Å². The Hall–Kier alpha value is -3.35. The molecule has 0 unspecified atom stereocenters. The normalized spacial score (nSPS) is 14.3. The first kappa shape index (κ1) is 27.7. The third kappa shape index (κ3) is 6.94. The highest BCUT2D eigenvalue weighted by Gasteiger charge is 2.32. The summed E-state index contributed by atoms with van der Waals surface area (Å²) in [6.07, 6.45) is 5.37. The summed E-state index contributed by atoms with van der Waals surface area (Å²) in [5, 5.41) is 0. The van der Waals surface area contributed by atoms with Crippen LogP contribution in [0.1, 0.15) is 79.9 Å². The fourth-order valence-corrected chi connectivity index (χ4v) is 5.24. The van der Waals surface area contributed by atoms with E-state index in [0.29, 0.717) is 32.4 Å². The average molecular weight is 521 g/mol. The maximum Gasteiger partial charge on any atom is 0.410 e. The predicted octanol–water partition coefficient (Wildman–Crippen LogP) is 5.75. The number of methoxy groups -OCH3 is 1. The standard InChI is InChI=1S/C31H40N2O5/c1-31(2,3)38-30(36)32(17-14-22-9-8-10-26(19-22)37-4)16-7-5-6-11-27(34)25-20-23-12-13-28(35)33-18-15-24(21-25)29(23)33/h8-10,19-21H,5-7,11-18H2,1-4H3. The minimum Gasteiger partial charge on any atom is -0.497 e. The number of ether oxygens (including phenoxy) is 2. The van der Waals surface area contributed by atoms with Gasteiger partial charge in [-0.15, -0.1) is 0 Å². The third-order valence-corrected chi connectivity index (χ3v) is 7.16. The van der Waals surface area contributed by atoms with Crippen molar-refractivity contribution in [3.8, 4) is 5.75 Å². The fourth-order valence-electron chi connectivity index (χ4n) is 5.24. The molecule has 204 valence electrons. The van der Waals surface area contributed by atoms with Crippen LogP contribution in [0, 0.1) is 0 Å². The molecule has 2 aromatic rings. The molecule has 0 saturated heterocycles. The minimum atomic E-state index is -0.558. The second kappa shape index (κ2) is 12.0. The molecule has 0 spiro atoms. The smallest absolute Gasteiger partial charge is 0.410 e. The van der Waals surface area contributed by atoms with Crippen LogP contribution < -0.4 is 9.64 Å². The molecule has 0 radical (unpaired) electrons. The van der Waals surface area contributed by atoms with Gasteiger partial charge >= 0.3 is 6.09 Å². The number of hydrogen-bond donors (Lipinski definition) is 0. The lowest BCUT2D eigenvalue weighted by molar-refractivity contribution is -0.118. The molecule has 7 nitrogen and oxygen atoms in total. The van der Waals surface area contributed by atoms with Crippen molar-refractivity contribution in [3.05, 3.63) is 58.7 Å². The van der Waals surface area contributed by atoms with E-state index < -0.39 is 5.60 Å². The maximum atomic E-state index is 13.0. The number of ketones is 1. The molecule has 0 saturated carbocycles. The number of benzene rings is 2. The first-order valence-electron chi connectivity index (χ1n) is 13.7.